The number of hydrogen-bond acceptors (Lipinski definition) is 9. The van der Waals surface area contributed by atoms with Gasteiger partial charge in [0, 0.05) is 5.41 Å². The Bertz CT molecular complexity index is 1400. The number of nitrogens with zero attached hydrogens (tertiary/aromatic N) is 3. The van der Waals surface area contributed by atoms with Gasteiger partial charge in [-0.1, -0.05) is 52.0 Å². The summed E-state index contributed by atoms with van der Waals surface area (Å²) in [5, 5.41) is 73.2. The second kappa shape index (κ2) is 11.6. The molecule has 7 rings (SSSR count). The molecule has 10 nitrogen and oxygen atoms in total. The number of allylic oxidation sites excluding steroid dienone is 1. The summed E-state index contributed by atoms with van der Waals surface area (Å²) in [5.74, 6) is 2.08. The molecular formula is C38H61N3O7. The highest BCUT2D eigenvalue weighted by molar-refractivity contribution is 5.24. The summed E-state index contributed by atoms with van der Waals surface area (Å²) in [6, 6.07) is 0. The van der Waals surface area contributed by atoms with E-state index in [1.54, 1.807) is 6.20 Å². The van der Waals surface area contributed by atoms with E-state index in [0.29, 0.717) is 29.4 Å². The molecular weight excluding hydrogens is 610 g/mol. The van der Waals surface area contributed by atoms with Crippen LogP contribution in [0.2, 0.25) is 0 Å². The summed E-state index contributed by atoms with van der Waals surface area (Å²) < 4.78 is 7.05. The molecule has 1 saturated heterocycles. The zero-order valence-electron chi connectivity index (χ0n) is 29.9. The van der Waals surface area contributed by atoms with Gasteiger partial charge in [-0.05, 0) is 122 Å². The molecule has 48 heavy (non-hydrogen) atoms. The minimum Gasteiger partial charge on any atom is -0.394 e. The van der Waals surface area contributed by atoms with Gasteiger partial charge >= 0.3 is 0 Å². The molecule has 0 spiro atoms. The molecule has 6 fully saturated rings. The monoisotopic (exact) mass is 671 g/mol. The van der Waals surface area contributed by atoms with Gasteiger partial charge in [0.05, 0.1) is 18.9 Å². The minimum atomic E-state index is -1.53. The number of aliphatic hydroxyl groups is 6. The van der Waals surface area contributed by atoms with Crippen molar-refractivity contribution in [2.45, 2.75) is 149 Å². The molecule has 1 aliphatic heterocycles. The summed E-state index contributed by atoms with van der Waals surface area (Å²) >= 11 is 0. The first-order chi connectivity index (χ1) is 22.5. The van der Waals surface area contributed by atoms with Crippen LogP contribution in [0.1, 0.15) is 124 Å². The van der Waals surface area contributed by atoms with E-state index >= 15 is 0 Å². The first kappa shape index (κ1) is 35.0. The van der Waals surface area contributed by atoms with Crippen LogP contribution in [0.25, 0.3) is 0 Å². The van der Waals surface area contributed by atoms with Gasteiger partial charge < -0.3 is 35.4 Å². The summed E-state index contributed by atoms with van der Waals surface area (Å²) in [4.78, 5) is 0. The summed E-state index contributed by atoms with van der Waals surface area (Å²) in [5.41, 5.74) is 1.58. The summed E-state index contributed by atoms with van der Waals surface area (Å²) in [6.07, 6.45) is 4.16. The molecule has 270 valence electrons. The van der Waals surface area contributed by atoms with E-state index in [2.05, 4.69) is 58.4 Å². The van der Waals surface area contributed by atoms with Crippen LogP contribution in [-0.4, -0.2) is 82.8 Å². The average Bonchev–Trinajstić information content (AvgIpc) is 3.69. The van der Waals surface area contributed by atoms with Crippen molar-refractivity contribution in [3.05, 3.63) is 24.0 Å². The van der Waals surface area contributed by atoms with Crippen LogP contribution in [0, 0.1) is 56.7 Å². The summed E-state index contributed by atoms with van der Waals surface area (Å²) in [6.45, 7) is 18.5. The Morgan fingerprint density at radius 3 is 2.31 bits per heavy atom. The Morgan fingerprint density at radius 2 is 1.62 bits per heavy atom. The highest BCUT2D eigenvalue weighted by Gasteiger charge is 2.71. The zero-order valence-corrected chi connectivity index (χ0v) is 29.9. The van der Waals surface area contributed by atoms with Crippen molar-refractivity contribution in [2.24, 2.45) is 56.7 Å². The lowest BCUT2D eigenvalue weighted by molar-refractivity contribution is -0.254. The van der Waals surface area contributed by atoms with E-state index in [1.165, 1.54) is 23.1 Å². The molecule has 5 saturated carbocycles. The lowest BCUT2D eigenvalue weighted by Gasteiger charge is -2.73. The van der Waals surface area contributed by atoms with Crippen molar-refractivity contribution in [1.29, 1.82) is 0 Å². The number of rotatable bonds is 5. The van der Waals surface area contributed by atoms with Gasteiger partial charge in [-0.3, -0.25) is 0 Å². The number of fused-ring (bicyclic) bond motifs is 7. The quantitative estimate of drug-likeness (QED) is 0.251. The summed E-state index contributed by atoms with van der Waals surface area (Å²) in [7, 11) is 0. The fourth-order valence-electron chi connectivity index (χ4n) is 13.8. The van der Waals surface area contributed by atoms with Gasteiger partial charge in [-0.25, -0.2) is 4.68 Å². The smallest absolute Gasteiger partial charge is 0.180 e. The van der Waals surface area contributed by atoms with E-state index in [-0.39, 0.29) is 33.7 Å². The maximum atomic E-state index is 12.4. The van der Waals surface area contributed by atoms with Gasteiger partial charge in [0.1, 0.15) is 36.2 Å². The fourth-order valence-corrected chi connectivity index (χ4v) is 13.8. The van der Waals surface area contributed by atoms with Crippen molar-refractivity contribution in [3.8, 4) is 0 Å². The molecule has 2 heterocycles. The van der Waals surface area contributed by atoms with Crippen LogP contribution in [-0.2, 0) is 4.74 Å². The third kappa shape index (κ3) is 4.54. The predicted octanol–water partition coefficient (Wildman–Crippen LogP) is 4.30. The number of aromatic nitrogens is 3. The van der Waals surface area contributed by atoms with Gasteiger partial charge in [0.15, 0.2) is 6.23 Å². The molecule has 0 radical (unpaired) electrons. The van der Waals surface area contributed by atoms with Crippen molar-refractivity contribution >= 4 is 0 Å². The van der Waals surface area contributed by atoms with Gasteiger partial charge in [0.2, 0.25) is 0 Å². The van der Waals surface area contributed by atoms with E-state index < -0.39 is 48.8 Å². The predicted molar refractivity (Wildman–Crippen MR) is 179 cm³/mol. The number of ether oxygens (including phenoxy) is 1. The lowest BCUT2D eigenvalue weighted by atomic mass is 9.32. The van der Waals surface area contributed by atoms with E-state index in [9.17, 15) is 30.6 Å². The number of hydrogen-bond donors (Lipinski definition) is 6. The van der Waals surface area contributed by atoms with E-state index in [0.717, 1.165) is 51.4 Å². The third-order valence-electron chi connectivity index (χ3n) is 16.6. The Labute approximate surface area is 286 Å². The molecule has 16 atom stereocenters. The molecule has 1 aromatic rings. The van der Waals surface area contributed by atoms with Crippen LogP contribution >= 0.6 is 0 Å². The van der Waals surface area contributed by atoms with Gasteiger partial charge in [0.25, 0.3) is 0 Å². The highest BCUT2D eigenvalue weighted by atomic mass is 16.6. The average molecular weight is 672 g/mol. The van der Waals surface area contributed by atoms with Crippen molar-refractivity contribution in [1.82, 2.24) is 15.0 Å². The van der Waals surface area contributed by atoms with Crippen LogP contribution in [0.15, 0.2) is 18.3 Å². The second-order valence-corrected chi connectivity index (χ2v) is 18.5. The molecule has 1 unspecified atom stereocenters. The molecule has 0 bridgehead atoms. The molecule has 10 heteroatoms. The van der Waals surface area contributed by atoms with Crippen LogP contribution in [0.3, 0.4) is 0 Å². The molecule has 0 amide bonds. The van der Waals surface area contributed by atoms with Crippen LogP contribution in [0.4, 0.5) is 0 Å². The third-order valence-corrected chi connectivity index (χ3v) is 16.6. The molecule has 1 aromatic heterocycles. The fraction of sp³-hybridized carbons (Fsp3) is 0.895. The largest absolute Gasteiger partial charge is 0.394 e. The molecule has 6 aliphatic rings. The highest BCUT2D eigenvalue weighted by Crippen LogP contribution is 2.78. The van der Waals surface area contributed by atoms with E-state index in [1.807, 2.05) is 0 Å². The van der Waals surface area contributed by atoms with E-state index in [4.69, 9.17) is 4.74 Å². The Hall–Kier alpha value is -1.40. The first-order valence-corrected chi connectivity index (χ1v) is 18.7. The SMILES string of the molecule is C=C(C)[C@@H]1CC[C@]2(C(O)c3cn([C@@H]4O[C@H](CO)[C@@H](O)[C@H](O)[C@H]4O)nn3)CC[C@]3(C)[C@H](CC[C@@H]4[C@@]5(C)CC[C@H](O)C(C)(C)[C@@H]5CC[C@]43C)[C@@H]12. The van der Waals surface area contributed by atoms with Crippen molar-refractivity contribution < 1.29 is 35.4 Å². The van der Waals surface area contributed by atoms with Gasteiger partial charge in [-0.15, -0.1) is 5.10 Å². The topological polar surface area (TPSA) is 161 Å². The minimum absolute atomic E-state index is 0.0819. The Morgan fingerprint density at radius 1 is 0.896 bits per heavy atom. The Kier molecular flexibility index (Phi) is 8.43. The van der Waals surface area contributed by atoms with Crippen molar-refractivity contribution in [3.63, 3.8) is 0 Å². The first-order valence-electron chi connectivity index (χ1n) is 18.7. The molecule has 5 aliphatic carbocycles. The van der Waals surface area contributed by atoms with Gasteiger partial charge in [-0.2, -0.15) is 0 Å². The normalized spacial score (nSPS) is 52.0. The standard InChI is InChI=1S/C38H61N3O7/c1-20(2)21-10-15-38(32(47)23-18-41(40-39-23)33-31(46)30(45)29(44)24(19-42)48-33)17-16-36(6)22(28(21)38)8-9-26-35(5)13-12-27(43)34(3,4)25(35)11-14-37(26,36)7/h18,21-22,24-33,42-47H,1,8-17,19H2,2-7H3/t21-,22+,24+,25-,26+,27-,28+,29+,30-,31+,32?,33+,35-,36+,37+,38-/m0/s1. The Balaban J connectivity index is 1.21. The zero-order chi connectivity index (χ0) is 34.8. The second-order valence-electron chi connectivity index (χ2n) is 18.5. The number of aliphatic hydroxyl groups excluding tert-OH is 6. The maximum Gasteiger partial charge on any atom is 0.180 e. The lowest BCUT2D eigenvalue weighted by Crippen LogP contribution is -2.66. The van der Waals surface area contributed by atoms with Crippen LogP contribution < -0.4 is 0 Å². The maximum absolute atomic E-state index is 12.4. The van der Waals surface area contributed by atoms with Crippen LogP contribution in [0.5, 0.6) is 0 Å². The van der Waals surface area contributed by atoms with Crippen molar-refractivity contribution in [2.75, 3.05) is 6.61 Å². The molecule has 6 N–H and O–H groups in total. The molecule has 0 aromatic carbocycles.